The Kier molecular flexibility index (Phi) is 6.63. The lowest BCUT2D eigenvalue weighted by Gasteiger charge is -2.38. The topological polar surface area (TPSA) is 66.8 Å². The van der Waals surface area contributed by atoms with Crippen LogP contribution in [-0.4, -0.2) is 48.9 Å². The van der Waals surface area contributed by atoms with Gasteiger partial charge in [0.15, 0.2) is 12.4 Å². The fraction of sp³-hybridized carbons (Fsp3) is 0.409. The highest BCUT2D eigenvalue weighted by Crippen LogP contribution is 2.17. The van der Waals surface area contributed by atoms with Crippen molar-refractivity contribution in [3.8, 4) is 0 Å². The minimum absolute atomic E-state index is 0.0136. The first kappa shape index (κ1) is 19.9. The number of pyridine rings is 1. The monoisotopic (exact) mass is 381 g/mol. The minimum atomic E-state index is -0.504. The van der Waals surface area contributed by atoms with Crippen LogP contribution in [0.4, 0.5) is 5.69 Å². The average Bonchev–Trinajstić information content (AvgIpc) is 2.77. The molecule has 1 aliphatic heterocycles. The van der Waals surface area contributed by atoms with Crippen molar-refractivity contribution in [3.05, 3.63) is 60.4 Å². The zero-order valence-corrected chi connectivity index (χ0v) is 16.6. The molecule has 6 heteroatoms. The summed E-state index contributed by atoms with van der Waals surface area (Å²) >= 11 is 0. The number of piperazine rings is 1. The number of H-pyrrole nitrogens is 1. The maximum Gasteiger partial charge on any atom is 0.251 e. The number of benzene rings is 1. The Morgan fingerprint density at radius 3 is 2.29 bits per heavy atom. The molecule has 28 heavy (non-hydrogen) atoms. The summed E-state index contributed by atoms with van der Waals surface area (Å²) in [6.45, 7) is 6.96. The van der Waals surface area contributed by atoms with E-state index < -0.39 is 6.04 Å². The standard InChI is InChI=1S/C22H28N4O2/c1-3-17(2)20(24-21(27)18-7-5-4-6-8-18)22(28)26-15-13-25(14-16-26)19-9-11-23-12-10-19/h4-12,17,20H,3,13-16H2,1-2H3,(H,24,27)/p+1/t17-,20-/m0/s1. The van der Waals surface area contributed by atoms with Gasteiger partial charge in [-0.1, -0.05) is 38.5 Å². The molecule has 0 saturated carbocycles. The molecule has 0 radical (unpaired) electrons. The van der Waals surface area contributed by atoms with Crippen LogP contribution in [0.3, 0.4) is 0 Å². The van der Waals surface area contributed by atoms with Gasteiger partial charge in [0.05, 0.1) is 0 Å². The van der Waals surface area contributed by atoms with Crippen molar-refractivity contribution in [3.63, 3.8) is 0 Å². The Morgan fingerprint density at radius 1 is 1.04 bits per heavy atom. The Morgan fingerprint density at radius 2 is 1.68 bits per heavy atom. The first-order chi connectivity index (χ1) is 13.6. The molecule has 1 aromatic carbocycles. The van der Waals surface area contributed by atoms with E-state index in [-0.39, 0.29) is 17.7 Å². The third kappa shape index (κ3) is 4.68. The second kappa shape index (κ2) is 9.35. The lowest BCUT2D eigenvalue weighted by Crippen LogP contribution is -2.56. The third-order valence-electron chi connectivity index (χ3n) is 5.46. The highest BCUT2D eigenvalue weighted by molar-refractivity contribution is 5.97. The molecular formula is C22H29N4O2+. The van der Waals surface area contributed by atoms with Gasteiger partial charge in [-0.05, 0) is 18.1 Å². The number of hydrogen-bond donors (Lipinski definition) is 1. The minimum Gasteiger partial charge on any atom is -0.368 e. The molecular weight excluding hydrogens is 352 g/mol. The molecule has 3 rings (SSSR count). The van der Waals surface area contributed by atoms with Crippen molar-refractivity contribution >= 4 is 17.5 Å². The van der Waals surface area contributed by atoms with E-state index in [1.54, 1.807) is 12.1 Å². The van der Waals surface area contributed by atoms with E-state index in [1.165, 1.54) is 0 Å². The molecule has 2 atom stereocenters. The quantitative estimate of drug-likeness (QED) is 0.832. The number of nitrogens with one attached hydrogen (secondary N) is 2. The Bertz CT molecular complexity index is 774. The molecule has 148 valence electrons. The molecule has 0 aliphatic carbocycles. The van der Waals surface area contributed by atoms with E-state index in [2.05, 4.69) is 15.2 Å². The van der Waals surface area contributed by atoms with Gasteiger partial charge in [0.25, 0.3) is 5.91 Å². The number of aromatic nitrogens is 1. The predicted molar refractivity (Wildman–Crippen MR) is 109 cm³/mol. The SMILES string of the molecule is CC[C@H](C)[C@H](NC(=O)c1ccccc1)C(=O)N1CCN(c2cc[nH+]cc2)CC1. The number of amides is 2. The van der Waals surface area contributed by atoms with Gasteiger partial charge >= 0.3 is 0 Å². The first-order valence-electron chi connectivity index (χ1n) is 9.96. The Labute approximate surface area is 166 Å². The molecule has 0 unspecified atom stereocenters. The molecule has 2 heterocycles. The summed E-state index contributed by atoms with van der Waals surface area (Å²) < 4.78 is 0. The second-order valence-electron chi connectivity index (χ2n) is 7.27. The van der Waals surface area contributed by atoms with Crippen molar-refractivity contribution in [1.82, 2.24) is 10.2 Å². The number of hydrogen-bond acceptors (Lipinski definition) is 3. The number of carbonyl (C=O) groups is 2. The Balaban J connectivity index is 1.64. The number of nitrogens with zero attached hydrogens (tertiary/aromatic N) is 2. The van der Waals surface area contributed by atoms with E-state index >= 15 is 0 Å². The zero-order chi connectivity index (χ0) is 19.9. The predicted octanol–water partition coefficient (Wildman–Crippen LogP) is 1.99. The number of anilines is 1. The molecule has 2 amide bonds. The molecule has 1 saturated heterocycles. The van der Waals surface area contributed by atoms with Crippen molar-refractivity contribution in [2.75, 3.05) is 31.1 Å². The lowest BCUT2D eigenvalue weighted by molar-refractivity contribution is -0.377. The van der Waals surface area contributed by atoms with Gasteiger partial charge in [-0.2, -0.15) is 0 Å². The van der Waals surface area contributed by atoms with Gasteiger partial charge in [0.1, 0.15) is 6.04 Å². The maximum absolute atomic E-state index is 13.2. The third-order valence-corrected chi connectivity index (χ3v) is 5.46. The van der Waals surface area contributed by atoms with Gasteiger partial charge in [-0.25, -0.2) is 4.98 Å². The molecule has 1 aromatic heterocycles. The zero-order valence-electron chi connectivity index (χ0n) is 16.6. The van der Waals surface area contributed by atoms with Crippen LogP contribution >= 0.6 is 0 Å². The van der Waals surface area contributed by atoms with Gasteiger partial charge in [-0.15, -0.1) is 0 Å². The van der Waals surface area contributed by atoms with Crippen LogP contribution in [0.25, 0.3) is 0 Å². The highest BCUT2D eigenvalue weighted by Gasteiger charge is 2.32. The lowest BCUT2D eigenvalue weighted by atomic mass is 9.97. The highest BCUT2D eigenvalue weighted by atomic mass is 16.2. The van der Waals surface area contributed by atoms with Gasteiger partial charge in [0.2, 0.25) is 5.91 Å². The first-order valence-corrected chi connectivity index (χ1v) is 9.96. The van der Waals surface area contributed by atoms with E-state index in [9.17, 15) is 9.59 Å². The maximum atomic E-state index is 13.2. The van der Waals surface area contributed by atoms with Crippen molar-refractivity contribution < 1.29 is 14.6 Å². The second-order valence-corrected chi connectivity index (χ2v) is 7.27. The summed E-state index contributed by atoms with van der Waals surface area (Å²) in [5, 5.41) is 2.98. The van der Waals surface area contributed by atoms with Crippen LogP contribution in [0.15, 0.2) is 54.9 Å². The van der Waals surface area contributed by atoms with E-state index in [0.717, 1.165) is 25.2 Å². The molecule has 0 bridgehead atoms. The van der Waals surface area contributed by atoms with E-state index in [0.29, 0.717) is 18.7 Å². The smallest absolute Gasteiger partial charge is 0.251 e. The molecule has 0 spiro atoms. The molecule has 2 aromatic rings. The van der Waals surface area contributed by atoms with Crippen molar-refractivity contribution in [2.24, 2.45) is 5.92 Å². The van der Waals surface area contributed by atoms with Crippen LogP contribution in [-0.2, 0) is 4.79 Å². The largest absolute Gasteiger partial charge is 0.368 e. The number of aromatic amines is 1. The molecule has 2 N–H and O–H groups in total. The summed E-state index contributed by atoms with van der Waals surface area (Å²) in [5.41, 5.74) is 1.73. The fourth-order valence-electron chi connectivity index (χ4n) is 3.47. The number of carbonyl (C=O) groups excluding carboxylic acids is 2. The average molecular weight is 382 g/mol. The van der Waals surface area contributed by atoms with Crippen LogP contribution < -0.4 is 15.2 Å². The van der Waals surface area contributed by atoms with E-state index in [1.807, 2.05) is 61.5 Å². The summed E-state index contributed by atoms with van der Waals surface area (Å²) in [4.78, 5) is 33.0. The van der Waals surface area contributed by atoms with Gasteiger partial charge in [0, 0.05) is 49.6 Å². The van der Waals surface area contributed by atoms with Crippen LogP contribution in [0.1, 0.15) is 30.6 Å². The number of rotatable bonds is 6. The summed E-state index contributed by atoms with van der Waals surface area (Å²) in [6, 6.07) is 12.6. The fourth-order valence-corrected chi connectivity index (χ4v) is 3.47. The Hall–Kier alpha value is -2.89. The molecule has 6 nitrogen and oxygen atoms in total. The van der Waals surface area contributed by atoms with Crippen molar-refractivity contribution in [2.45, 2.75) is 26.3 Å². The van der Waals surface area contributed by atoms with Gasteiger partial charge < -0.3 is 15.1 Å². The summed E-state index contributed by atoms with van der Waals surface area (Å²) in [7, 11) is 0. The van der Waals surface area contributed by atoms with Crippen LogP contribution in [0, 0.1) is 5.92 Å². The molecule has 1 aliphatic rings. The van der Waals surface area contributed by atoms with Crippen LogP contribution in [0.2, 0.25) is 0 Å². The van der Waals surface area contributed by atoms with E-state index in [4.69, 9.17) is 0 Å². The normalized spacial score (nSPS) is 16.4. The summed E-state index contributed by atoms with van der Waals surface area (Å²) in [5.74, 6) is -0.110. The van der Waals surface area contributed by atoms with Gasteiger partial charge in [-0.3, -0.25) is 9.59 Å². The molecule has 1 fully saturated rings. The van der Waals surface area contributed by atoms with Crippen LogP contribution in [0.5, 0.6) is 0 Å². The summed E-state index contributed by atoms with van der Waals surface area (Å²) in [6.07, 6.45) is 4.64. The van der Waals surface area contributed by atoms with Crippen molar-refractivity contribution in [1.29, 1.82) is 0 Å².